The molecule has 178 valence electrons. The Balaban J connectivity index is 1.61. The molecule has 0 aromatic heterocycles. The Morgan fingerprint density at radius 1 is 1.09 bits per heavy atom. The first-order valence-electron chi connectivity index (χ1n) is 11.3. The van der Waals surface area contributed by atoms with Gasteiger partial charge in [0.05, 0.1) is 0 Å². The van der Waals surface area contributed by atoms with Crippen molar-refractivity contribution >= 4 is 17.9 Å². The van der Waals surface area contributed by atoms with Gasteiger partial charge in [0.15, 0.2) is 6.61 Å². The summed E-state index contributed by atoms with van der Waals surface area (Å²) >= 11 is 0. The van der Waals surface area contributed by atoms with Gasteiger partial charge in [0, 0.05) is 32.6 Å². The number of hydrogen-bond donors (Lipinski definition) is 2. The number of ether oxygens (including phenoxy) is 2. The number of aryl methyl sites for hydroxylation is 1. The maximum Gasteiger partial charge on any atom is 0.407 e. The number of carbonyl (C=O) groups excluding carboxylic acids is 3. The summed E-state index contributed by atoms with van der Waals surface area (Å²) in [6, 6.07) is 5.79. The van der Waals surface area contributed by atoms with Crippen molar-refractivity contribution < 1.29 is 23.9 Å². The third-order valence-corrected chi connectivity index (χ3v) is 5.48. The van der Waals surface area contributed by atoms with Gasteiger partial charge in [0.25, 0.3) is 5.91 Å². The quantitative estimate of drug-likeness (QED) is 0.639. The molecule has 1 aromatic carbocycles. The van der Waals surface area contributed by atoms with Gasteiger partial charge in [-0.05, 0) is 70.6 Å². The molecule has 0 atom stereocenters. The predicted molar refractivity (Wildman–Crippen MR) is 123 cm³/mol. The van der Waals surface area contributed by atoms with E-state index in [1.807, 2.05) is 36.9 Å². The van der Waals surface area contributed by atoms with Crippen molar-refractivity contribution in [1.29, 1.82) is 0 Å². The fourth-order valence-corrected chi connectivity index (χ4v) is 3.46. The minimum Gasteiger partial charge on any atom is -0.483 e. The topological polar surface area (TPSA) is 97.0 Å². The highest BCUT2D eigenvalue weighted by Crippen LogP contribution is 2.20. The molecule has 8 heteroatoms. The zero-order chi connectivity index (χ0) is 23.7. The first-order valence-corrected chi connectivity index (χ1v) is 11.3. The molecule has 2 N–H and O–H groups in total. The Bertz CT molecular complexity index is 795. The van der Waals surface area contributed by atoms with Gasteiger partial charge >= 0.3 is 6.09 Å². The minimum absolute atomic E-state index is 0.00767. The summed E-state index contributed by atoms with van der Waals surface area (Å²) in [5, 5.41) is 5.55. The number of nitrogens with zero attached hydrogens (tertiary/aromatic N) is 1. The lowest BCUT2D eigenvalue weighted by atomic mass is 9.96. The SMILES string of the molecule is Cc1cccc(OCC(=O)NCC2CCN(C(=O)CCNC(=O)OC(C)(C)C)CC2)c1C. The molecule has 0 radical (unpaired) electrons. The predicted octanol–water partition coefficient (Wildman–Crippen LogP) is 2.95. The molecule has 0 saturated carbocycles. The first-order chi connectivity index (χ1) is 15.0. The van der Waals surface area contributed by atoms with Gasteiger partial charge in [0.2, 0.25) is 5.91 Å². The largest absolute Gasteiger partial charge is 0.483 e. The molecule has 0 bridgehead atoms. The second-order valence-corrected chi connectivity index (χ2v) is 9.29. The molecule has 3 amide bonds. The number of likely N-dealkylation sites (tertiary alicyclic amines) is 1. The van der Waals surface area contributed by atoms with Crippen LogP contribution in [-0.2, 0) is 14.3 Å². The molecule has 0 aliphatic carbocycles. The highest BCUT2D eigenvalue weighted by Gasteiger charge is 2.23. The Kier molecular flexibility index (Phi) is 9.35. The molecule has 0 spiro atoms. The van der Waals surface area contributed by atoms with Crippen LogP contribution >= 0.6 is 0 Å². The van der Waals surface area contributed by atoms with Gasteiger partial charge in [-0.15, -0.1) is 0 Å². The number of benzene rings is 1. The van der Waals surface area contributed by atoms with Crippen LogP contribution in [0.1, 0.15) is 51.2 Å². The van der Waals surface area contributed by atoms with Crippen LogP contribution < -0.4 is 15.4 Å². The maximum absolute atomic E-state index is 12.4. The lowest BCUT2D eigenvalue weighted by molar-refractivity contribution is -0.132. The van der Waals surface area contributed by atoms with Crippen LogP contribution in [0.4, 0.5) is 4.79 Å². The molecular formula is C24H37N3O5. The van der Waals surface area contributed by atoms with E-state index in [1.165, 1.54) is 0 Å². The van der Waals surface area contributed by atoms with Gasteiger partial charge in [-0.2, -0.15) is 0 Å². The Morgan fingerprint density at radius 3 is 2.44 bits per heavy atom. The highest BCUT2D eigenvalue weighted by molar-refractivity contribution is 5.78. The van der Waals surface area contributed by atoms with E-state index >= 15 is 0 Å². The number of nitrogens with one attached hydrogen (secondary N) is 2. The van der Waals surface area contributed by atoms with E-state index in [2.05, 4.69) is 10.6 Å². The Morgan fingerprint density at radius 2 is 1.78 bits per heavy atom. The van der Waals surface area contributed by atoms with Crippen molar-refractivity contribution in [1.82, 2.24) is 15.5 Å². The average Bonchev–Trinajstić information content (AvgIpc) is 2.72. The van der Waals surface area contributed by atoms with Crippen LogP contribution in [0.5, 0.6) is 5.75 Å². The molecular weight excluding hydrogens is 410 g/mol. The van der Waals surface area contributed by atoms with Crippen molar-refractivity contribution in [3.8, 4) is 5.75 Å². The number of alkyl carbamates (subject to hydrolysis) is 1. The van der Waals surface area contributed by atoms with Gasteiger partial charge in [0.1, 0.15) is 11.4 Å². The fourth-order valence-electron chi connectivity index (χ4n) is 3.46. The van der Waals surface area contributed by atoms with Crippen LogP contribution in [0.15, 0.2) is 18.2 Å². The molecule has 1 aliphatic heterocycles. The van der Waals surface area contributed by atoms with E-state index < -0.39 is 11.7 Å². The number of carbonyl (C=O) groups is 3. The van der Waals surface area contributed by atoms with Gasteiger partial charge < -0.3 is 25.0 Å². The summed E-state index contributed by atoms with van der Waals surface area (Å²) < 4.78 is 10.8. The van der Waals surface area contributed by atoms with E-state index in [-0.39, 0.29) is 31.4 Å². The van der Waals surface area contributed by atoms with Crippen molar-refractivity contribution in [3.63, 3.8) is 0 Å². The minimum atomic E-state index is -0.558. The monoisotopic (exact) mass is 447 g/mol. The molecule has 0 unspecified atom stereocenters. The van der Waals surface area contributed by atoms with Crippen molar-refractivity contribution in [3.05, 3.63) is 29.3 Å². The number of amides is 3. The molecule has 32 heavy (non-hydrogen) atoms. The number of piperidine rings is 1. The molecule has 1 fully saturated rings. The van der Waals surface area contributed by atoms with E-state index in [0.717, 1.165) is 29.7 Å². The summed E-state index contributed by atoms with van der Waals surface area (Å²) in [5.41, 5.74) is 1.61. The van der Waals surface area contributed by atoms with Gasteiger partial charge in [-0.25, -0.2) is 4.79 Å². The molecule has 2 rings (SSSR count). The third-order valence-electron chi connectivity index (χ3n) is 5.48. The lowest BCUT2D eigenvalue weighted by Gasteiger charge is -2.32. The lowest BCUT2D eigenvalue weighted by Crippen LogP contribution is -2.43. The van der Waals surface area contributed by atoms with Crippen LogP contribution in [0.25, 0.3) is 0 Å². The smallest absolute Gasteiger partial charge is 0.407 e. The van der Waals surface area contributed by atoms with Crippen molar-refractivity contribution in [2.75, 3.05) is 32.8 Å². The summed E-state index contributed by atoms with van der Waals surface area (Å²) in [6.45, 7) is 11.5. The third kappa shape index (κ3) is 8.77. The molecule has 1 aliphatic rings. The van der Waals surface area contributed by atoms with E-state index in [9.17, 15) is 14.4 Å². The zero-order valence-electron chi connectivity index (χ0n) is 20.0. The van der Waals surface area contributed by atoms with E-state index in [4.69, 9.17) is 9.47 Å². The van der Waals surface area contributed by atoms with Crippen molar-refractivity contribution in [2.45, 2.75) is 59.5 Å². The molecule has 1 heterocycles. The fraction of sp³-hybridized carbons (Fsp3) is 0.625. The van der Waals surface area contributed by atoms with Crippen LogP contribution in [0.3, 0.4) is 0 Å². The van der Waals surface area contributed by atoms with Crippen LogP contribution in [0, 0.1) is 19.8 Å². The van der Waals surface area contributed by atoms with Crippen LogP contribution in [0.2, 0.25) is 0 Å². The Hall–Kier alpha value is -2.77. The van der Waals surface area contributed by atoms with Crippen LogP contribution in [-0.4, -0.2) is 61.2 Å². The van der Waals surface area contributed by atoms with Gasteiger partial charge in [-0.3, -0.25) is 9.59 Å². The number of hydrogen-bond acceptors (Lipinski definition) is 5. The summed E-state index contributed by atoms with van der Waals surface area (Å²) in [6.07, 6.45) is 1.41. The molecule has 1 aromatic rings. The van der Waals surface area contributed by atoms with E-state index in [1.54, 1.807) is 20.8 Å². The second kappa shape index (κ2) is 11.7. The average molecular weight is 448 g/mol. The summed E-state index contributed by atoms with van der Waals surface area (Å²) in [7, 11) is 0. The molecule has 1 saturated heterocycles. The number of rotatable bonds is 8. The summed E-state index contributed by atoms with van der Waals surface area (Å²) in [5.74, 6) is 0.944. The first kappa shape index (κ1) is 25.5. The Labute approximate surface area is 191 Å². The van der Waals surface area contributed by atoms with Gasteiger partial charge in [-0.1, -0.05) is 12.1 Å². The zero-order valence-corrected chi connectivity index (χ0v) is 20.0. The highest BCUT2D eigenvalue weighted by atomic mass is 16.6. The van der Waals surface area contributed by atoms with Crippen molar-refractivity contribution in [2.24, 2.45) is 5.92 Å². The second-order valence-electron chi connectivity index (χ2n) is 9.29. The maximum atomic E-state index is 12.4. The standard InChI is InChI=1S/C24H37N3O5/c1-17-7-6-8-20(18(17)2)31-16-21(28)26-15-19-10-13-27(14-11-19)22(29)9-12-25-23(30)32-24(3,4)5/h6-8,19H,9-16H2,1-5H3,(H,25,30)(H,26,28). The molecule has 8 nitrogen and oxygen atoms in total. The van der Waals surface area contributed by atoms with E-state index in [0.29, 0.717) is 25.6 Å². The normalized spacial score (nSPS) is 14.6. The summed E-state index contributed by atoms with van der Waals surface area (Å²) in [4.78, 5) is 38.0.